The van der Waals surface area contributed by atoms with Crippen LogP contribution < -0.4 is 10.6 Å². The molecule has 104 valence electrons. The number of hydrogen-bond acceptors (Lipinski definition) is 2. The highest BCUT2D eigenvalue weighted by Crippen LogP contribution is 2.10. The summed E-state index contributed by atoms with van der Waals surface area (Å²) in [5, 5.41) is 14.1. The van der Waals surface area contributed by atoms with E-state index in [1.807, 2.05) is 37.3 Å². The van der Waals surface area contributed by atoms with Crippen LogP contribution in [-0.2, 0) is 4.79 Å². The first-order valence-electron chi connectivity index (χ1n) is 6.33. The van der Waals surface area contributed by atoms with E-state index in [0.717, 1.165) is 5.56 Å². The van der Waals surface area contributed by atoms with E-state index in [-0.39, 0.29) is 24.5 Å². The maximum atomic E-state index is 11.7. The first-order valence-corrected chi connectivity index (χ1v) is 6.33. The van der Waals surface area contributed by atoms with Gasteiger partial charge in [0.2, 0.25) is 0 Å². The lowest BCUT2D eigenvalue weighted by Gasteiger charge is -2.18. The Hall–Kier alpha value is -2.04. The van der Waals surface area contributed by atoms with Gasteiger partial charge < -0.3 is 15.7 Å². The summed E-state index contributed by atoms with van der Waals surface area (Å²) in [5.74, 6) is -0.855. The molecule has 19 heavy (non-hydrogen) atoms. The molecule has 0 aromatic heterocycles. The minimum atomic E-state index is -0.855. The summed E-state index contributed by atoms with van der Waals surface area (Å²) in [6.45, 7) is 3.69. The number of carboxylic acids is 1. The average molecular weight is 264 g/mol. The molecule has 0 aliphatic rings. The Morgan fingerprint density at radius 2 is 1.79 bits per heavy atom. The molecule has 0 heterocycles. The van der Waals surface area contributed by atoms with Crippen LogP contribution in [0.1, 0.15) is 38.3 Å². The molecule has 0 saturated carbocycles. The number of benzene rings is 1. The Bertz CT molecular complexity index is 420. The van der Waals surface area contributed by atoms with Crippen molar-refractivity contribution < 1.29 is 14.7 Å². The highest BCUT2D eigenvalue weighted by atomic mass is 16.4. The second-order valence-corrected chi connectivity index (χ2v) is 4.58. The normalized spacial score (nSPS) is 13.4. The topological polar surface area (TPSA) is 78.4 Å². The average Bonchev–Trinajstić information content (AvgIpc) is 2.37. The molecule has 1 aromatic carbocycles. The van der Waals surface area contributed by atoms with Crippen LogP contribution in [0, 0.1) is 0 Å². The zero-order valence-electron chi connectivity index (χ0n) is 11.2. The first-order chi connectivity index (χ1) is 8.99. The van der Waals surface area contributed by atoms with Crippen LogP contribution in [0.4, 0.5) is 4.79 Å². The van der Waals surface area contributed by atoms with Crippen molar-refractivity contribution >= 4 is 12.0 Å². The van der Waals surface area contributed by atoms with Crippen LogP contribution in [0.5, 0.6) is 0 Å². The Kier molecular flexibility index (Phi) is 5.85. The predicted molar refractivity (Wildman–Crippen MR) is 72.9 cm³/mol. The number of carbonyl (C=O) groups excluding carboxylic acids is 1. The molecule has 3 N–H and O–H groups in total. The zero-order chi connectivity index (χ0) is 14.3. The smallest absolute Gasteiger partial charge is 0.315 e. The van der Waals surface area contributed by atoms with Crippen molar-refractivity contribution in [3.8, 4) is 0 Å². The van der Waals surface area contributed by atoms with Crippen molar-refractivity contribution in [2.75, 3.05) is 0 Å². The molecule has 0 fully saturated rings. The third-order valence-corrected chi connectivity index (χ3v) is 2.82. The van der Waals surface area contributed by atoms with E-state index < -0.39 is 5.97 Å². The van der Waals surface area contributed by atoms with Gasteiger partial charge in [0, 0.05) is 12.5 Å². The van der Waals surface area contributed by atoms with Gasteiger partial charge in [0.05, 0.1) is 6.04 Å². The van der Waals surface area contributed by atoms with E-state index in [9.17, 15) is 9.59 Å². The number of urea groups is 1. The summed E-state index contributed by atoms with van der Waals surface area (Å²) in [4.78, 5) is 22.1. The van der Waals surface area contributed by atoms with E-state index >= 15 is 0 Å². The number of hydrogen-bond donors (Lipinski definition) is 3. The summed E-state index contributed by atoms with van der Waals surface area (Å²) >= 11 is 0. The Balaban J connectivity index is 2.36. The molecule has 2 amide bonds. The molecule has 1 rings (SSSR count). The Morgan fingerprint density at radius 1 is 1.16 bits per heavy atom. The van der Waals surface area contributed by atoms with Crippen molar-refractivity contribution in [1.82, 2.24) is 10.6 Å². The molecule has 5 nitrogen and oxygen atoms in total. The van der Waals surface area contributed by atoms with Crippen LogP contribution in [0.25, 0.3) is 0 Å². The number of rotatable bonds is 6. The molecule has 0 radical (unpaired) electrons. The van der Waals surface area contributed by atoms with Gasteiger partial charge in [-0.1, -0.05) is 30.3 Å². The van der Waals surface area contributed by atoms with Crippen LogP contribution in [-0.4, -0.2) is 23.1 Å². The minimum Gasteiger partial charge on any atom is -0.481 e. The van der Waals surface area contributed by atoms with Crippen LogP contribution in [0.2, 0.25) is 0 Å². The minimum absolute atomic E-state index is 0.0513. The van der Waals surface area contributed by atoms with Gasteiger partial charge in [0.15, 0.2) is 0 Å². The van der Waals surface area contributed by atoms with E-state index in [2.05, 4.69) is 10.6 Å². The maximum Gasteiger partial charge on any atom is 0.315 e. The maximum absolute atomic E-state index is 11.7. The summed E-state index contributed by atoms with van der Waals surface area (Å²) in [5.41, 5.74) is 1.02. The first kappa shape index (κ1) is 15.0. The van der Waals surface area contributed by atoms with Crippen molar-refractivity contribution in [2.45, 2.75) is 38.8 Å². The van der Waals surface area contributed by atoms with Gasteiger partial charge in [-0.15, -0.1) is 0 Å². The van der Waals surface area contributed by atoms with Gasteiger partial charge in [0.25, 0.3) is 0 Å². The second kappa shape index (κ2) is 7.41. The van der Waals surface area contributed by atoms with E-state index in [4.69, 9.17) is 5.11 Å². The SMILES string of the molecule is CC(CCC(=O)O)NC(=O)NC(C)c1ccccc1. The lowest BCUT2D eigenvalue weighted by Crippen LogP contribution is -2.41. The fourth-order valence-corrected chi connectivity index (χ4v) is 1.70. The molecular weight excluding hydrogens is 244 g/mol. The molecule has 0 bridgehead atoms. The number of nitrogens with one attached hydrogen (secondary N) is 2. The third kappa shape index (κ3) is 5.90. The van der Waals surface area contributed by atoms with Gasteiger partial charge in [0.1, 0.15) is 0 Å². The lowest BCUT2D eigenvalue weighted by atomic mass is 10.1. The van der Waals surface area contributed by atoms with E-state index in [0.29, 0.717) is 6.42 Å². The number of carboxylic acid groups (broad SMARTS) is 1. The van der Waals surface area contributed by atoms with Gasteiger partial charge in [-0.3, -0.25) is 4.79 Å². The Morgan fingerprint density at radius 3 is 2.37 bits per heavy atom. The fraction of sp³-hybridized carbons (Fsp3) is 0.429. The van der Waals surface area contributed by atoms with Crippen molar-refractivity contribution in [2.24, 2.45) is 0 Å². The van der Waals surface area contributed by atoms with Crippen LogP contribution >= 0.6 is 0 Å². The summed E-state index contributed by atoms with van der Waals surface area (Å²) < 4.78 is 0. The van der Waals surface area contributed by atoms with E-state index in [1.165, 1.54) is 0 Å². The lowest BCUT2D eigenvalue weighted by molar-refractivity contribution is -0.137. The number of carbonyl (C=O) groups is 2. The van der Waals surface area contributed by atoms with Gasteiger partial charge in [-0.2, -0.15) is 0 Å². The predicted octanol–water partition coefficient (Wildman–Crippen LogP) is 2.30. The molecule has 1 aromatic rings. The van der Waals surface area contributed by atoms with Gasteiger partial charge in [-0.25, -0.2) is 4.79 Å². The summed E-state index contributed by atoms with van der Waals surface area (Å²) in [7, 11) is 0. The van der Waals surface area contributed by atoms with Crippen LogP contribution in [0.15, 0.2) is 30.3 Å². The summed E-state index contributed by atoms with van der Waals surface area (Å²) in [6.07, 6.45) is 0.470. The summed E-state index contributed by atoms with van der Waals surface area (Å²) in [6, 6.07) is 9.10. The van der Waals surface area contributed by atoms with Crippen molar-refractivity contribution in [3.63, 3.8) is 0 Å². The molecule has 0 saturated heterocycles. The number of amides is 2. The van der Waals surface area contributed by atoms with Crippen LogP contribution in [0.3, 0.4) is 0 Å². The molecule has 0 aliphatic heterocycles. The molecular formula is C14H20N2O3. The Labute approximate surface area is 113 Å². The van der Waals surface area contributed by atoms with Crippen molar-refractivity contribution in [3.05, 3.63) is 35.9 Å². The van der Waals surface area contributed by atoms with Gasteiger partial charge in [-0.05, 0) is 25.8 Å². The molecule has 5 heteroatoms. The van der Waals surface area contributed by atoms with Crippen molar-refractivity contribution in [1.29, 1.82) is 0 Å². The quantitative estimate of drug-likeness (QED) is 0.737. The second-order valence-electron chi connectivity index (χ2n) is 4.58. The highest BCUT2D eigenvalue weighted by molar-refractivity contribution is 5.74. The molecule has 2 atom stereocenters. The molecule has 0 spiro atoms. The fourth-order valence-electron chi connectivity index (χ4n) is 1.70. The van der Waals surface area contributed by atoms with Gasteiger partial charge >= 0.3 is 12.0 Å². The number of aliphatic carboxylic acids is 1. The molecule has 0 aliphatic carbocycles. The highest BCUT2D eigenvalue weighted by Gasteiger charge is 2.12. The largest absolute Gasteiger partial charge is 0.481 e. The third-order valence-electron chi connectivity index (χ3n) is 2.82. The molecule has 2 unspecified atom stereocenters. The zero-order valence-corrected chi connectivity index (χ0v) is 11.2. The standard InChI is InChI=1S/C14H20N2O3/c1-10(8-9-13(17)18)15-14(19)16-11(2)12-6-4-3-5-7-12/h3-7,10-11H,8-9H2,1-2H3,(H,17,18)(H2,15,16,19). The van der Waals surface area contributed by atoms with E-state index in [1.54, 1.807) is 6.92 Å². The monoisotopic (exact) mass is 264 g/mol.